The Hall–Kier alpha value is -3.34. The average Bonchev–Trinajstić information content (AvgIpc) is 2.72. The molecule has 0 spiro atoms. The van der Waals surface area contributed by atoms with Gasteiger partial charge in [0.2, 0.25) is 0 Å². The second-order valence-corrected chi connectivity index (χ2v) is 7.05. The van der Waals surface area contributed by atoms with Crippen molar-refractivity contribution in [2.24, 2.45) is 0 Å². The van der Waals surface area contributed by atoms with Gasteiger partial charge in [0, 0.05) is 22.3 Å². The Morgan fingerprint density at radius 1 is 1.03 bits per heavy atom. The van der Waals surface area contributed by atoms with E-state index in [4.69, 9.17) is 9.97 Å². The van der Waals surface area contributed by atoms with Crippen molar-refractivity contribution in [1.82, 2.24) is 9.97 Å². The van der Waals surface area contributed by atoms with Crippen molar-refractivity contribution < 1.29 is 14.3 Å². The zero-order chi connectivity index (χ0) is 21.0. The number of aliphatic carboxylic acids is 1. The number of carboxylic acids is 1. The van der Waals surface area contributed by atoms with E-state index >= 15 is 0 Å². The van der Waals surface area contributed by atoms with Gasteiger partial charge in [0.05, 0.1) is 11.4 Å². The van der Waals surface area contributed by atoms with E-state index in [-0.39, 0.29) is 17.3 Å². The molecular formula is C24H23FN2O2. The van der Waals surface area contributed by atoms with Gasteiger partial charge in [0.25, 0.3) is 0 Å². The maximum atomic E-state index is 13.5. The molecule has 0 amide bonds. The molecule has 3 rings (SSSR count). The van der Waals surface area contributed by atoms with Gasteiger partial charge >= 0.3 is 5.97 Å². The molecule has 148 valence electrons. The maximum absolute atomic E-state index is 13.5. The van der Waals surface area contributed by atoms with Gasteiger partial charge < -0.3 is 5.11 Å². The Morgan fingerprint density at radius 3 is 2.24 bits per heavy atom. The third kappa shape index (κ3) is 4.57. The minimum atomic E-state index is -0.973. The van der Waals surface area contributed by atoms with Crippen molar-refractivity contribution in [2.45, 2.75) is 33.1 Å². The molecule has 0 saturated carbocycles. The highest BCUT2D eigenvalue weighted by atomic mass is 19.1. The molecule has 29 heavy (non-hydrogen) atoms. The van der Waals surface area contributed by atoms with E-state index < -0.39 is 5.97 Å². The van der Waals surface area contributed by atoms with Gasteiger partial charge in [-0.15, -0.1) is 0 Å². The first-order valence-electron chi connectivity index (χ1n) is 9.57. The molecule has 0 saturated heterocycles. The Morgan fingerprint density at radius 2 is 1.69 bits per heavy atom. The van der Waals surface area contributed by atoms with E-state index in [2.05, 4.69) is 0 Å². The number of carboxylic acid groups (broad SMARTS) is 1. The number of nitrogens with zero attached hydrogens (tertiary/aromatic N) is 2. The summed E-state index contributed by atoms with van der Waals surface area (Å²) in [5, 5.41) is 9.54. The molecule has 0 unspecified atom stereocenters. The zero-order valence-electron chi connectivity index (χ0n) is 16.7. The van der Waals surface area contributed by atoms with Crippen molar-refractivity contribution in [3.8, 4) is 22.6 Å². The SMILES string of the molecule is CC/C(=C\c1c(-c2ccc(F)cc2)nc(-c2ccccc2)nc1C(C)C)C(=O)O. The first kappa shape index (κ1) is 20.4. The molecule has 0 radical (unpaired) electrons. The van der Waals surface area contributed by atoms with E-state index in [0.29, 0.717) is 29.1 Å². The summed E-state index contributed by atoms with van der Waals surface area (Å²) in [7, 11) is 0. The standard InChI is InChI=1S/C24H23FN2O2/c1-4-16(24(28)29)14-20-21(15(2)3)26-23(18-8-6-5-7-9-18)27-22(20)17-10-12-19(25)13-11-17/h5-15H,4H2,1-3H3,(H,28,29)/b16-14+. The van der Waals surface area contributed by atoms with Gasteiger partial charge in [0.15, 0.2) is 5.82 Å². The summed E-state index contributed by atoms with van der Waals surface area (Å²) in [5.74, 6) is -0.719. The number of hydrogen-bond acceptors (Lipinski definition) is 3. The molecule has 4 nitrogen and oxygen atoms in total. The summed E-state index contributed by atoms with van der Waals surface area (Å²) in [6.07, 6.45) is 2.02. The molecule has 0 aliphatic heterocycles. The van der Waals surface area contributed by atoms with Crippen LogP contribution in [0.4, 0.5) is 4.39 Å². The summed E-state index contributed by atoms with van der Waals surface area (Å²) in [6.45, 7) is 5.82. The minimum absolute atomic E-state index is 0.0396. The number of carbonyl (C=O) groups is 1. The highest BCUT2D eigenvalue weighted by molar-refractivity contribution is 5.94. The molecule has 0 fully saturated rings. The van der Waals surface area contributed by atoms with Gasteiger partial charge in [-0.3, -0.25) is 0 Å². The number of hydrogen-bond donors (Lipinski definition) is 1. The summed E-state index contributed by atoms with van der Waals surface area (Å²) < 4.78 is 13.5. The van der Waals surface area contributed by atoms with Crippen molar-refractivity contribution in [2.75, 3.05) is 0 Å². The molecule has 3 aromatic rings. The molecule has 1 heterocycles. The van der Waals surface area contributed by atoms with Crippen LogP contribution in [0.3, 0.4) is 0 Å². The highest BCUT2D eigenvalue weighted by Gasteiger charge is 2.19. The van der Waals surface area contributed by atoms with Crippen LogP contribution in [-0.2, 0) is 4.79 Å². The van der Waals surface area contributed by atoms with Crippen molar-refractivity contribution in [3.05, 3.63) is 77.2 Å². The minimum Gasteiger partial charge on any atom is -0.478 e. The molecular weight excluding hydrogens is 367 g/mol. The monoisotopic (exact) mass is 390 g/mol. The van der Waals surface area contributed by atoms with E-state index in [0.717, 1.165) is 11.3 Å². The summed E-state index contributed by atoms with van der Waals surface area (Å²) in [5.41, 5.74) is 3.85. The van der Waals surface area contributed by atoms with Crippen molar-refractivity contribution in [3.63, 3.8) is 0 Å². The molecule has 0 atom stereocenters. The fourth-order valence-corrected chi connectivity index (χ4v) is 3.10. The highest BCUT2D eigenvalue weighted by Crippen LogP contribution is 2.32. The molecule has 2 aromatic carbocycles. The zero-order valence-corrected chi connectivity index (χ0v) is 16.7. The predicted octanol–water partition coefficient (Wildman–Crippen LogP) is 5.95. The third-order valence-electron chi connectivity index (χ3n) is 4.65. The van der Waals surface area contributed by atoms with Crippen LogP contribution in [0.5, 0.6) is 0 Å². The predicted molar refractivity (Wildman–Crippen MR) is 113 cm³/mol. The lowest BCUT2D eigenvalue weighted by atomic mass is 9.95. The molecule has 5 heteroatoms. The second-order valence-electron chi connectivity index (χ2n) is 7.05. The fourth-order valence-electron chi connectivity index (χ4n) is 3.10. The summed E-state index contributed by atoms with van der Waals surface area (Å²) >= 11 is 0. The van der Waals surface area contributed by atoms with Gasteiger partial charge in [-0.1, -0.05) is 51.1 Å². The van der Waals surface area contributed by atoms with Crippen LogP contribution in [0.25, 0.3) is 28.7 Å². The summed E-state index contributed by atoms with van der Waals surface area (Å²) in [6, 6.07) is 15.7. The van der Waals surface area contributed by atoms with Gasteiger partial charge in [-0.2, -0.15) is 0 Å². The quantitative estimate of drug-likeness (QED) is 0.528. The average molecular weight is 390 g/mol. The largest absolute Gasteiger partial charge is 0.478 e. The molecule has 0 aliphatic carbocycles. The smallest absolute Gasteiger partial charge is 0.331 e. The first-order valence-corrected chi connectivity index (χ1v) is 9.57. The maximum Gasteiger partial charge on any atom is 0.331 e. The Balaban J connectivity index is 2.35. The fraction of sp³-hybridized carbons (Fsp3) is 0.208. The van der Waals surface area contributed by atoms with Gasteiger partial charge in [0.1, 0.15) is 5.82 Å². The Kier molecular flexibility index (Phi) is 6.17. The molecule has 0 bridgehead atoms. The Bertz CT molecular complexity index is 1040. The second kappa shape index (κ2) is 8.78. The van der Waals surface area contributed by atoms with Crippen LogP contribution in [0, 0.1) is 5.82 Å². The summed E-state index contributed by atoms with van der Waals surface area (Å²) in [4.78, 5) is 21.2. The van der Waals surface area contributed by atoms with E-state index in [1.54, 1.807) is 25.1 Å². The van der Waals surface area contributed by atoms with Crippen molar-refractivity contribution in [1.29, 1.82) is 0 Å². The van der Waals surface area contributed by atoms with Crippen molar-refractivity contribution >= 4 is 12.0 Å². The number of halogens is 1. The van der Waals surface area contributed by atoms with Crippen LogP contribution >= 0.6 is 0 Å². The lowest BCUT2D eigenvalue weighted by Crippen LogP contribution is -2.07. The van der Waals surface area contributed by atoms with Crippen LogP contribution in [0.15, 0.2) is 60.2 Å². The lowest BCUT2D eigenvalue weighted by Gasteiger charge is -2.16. The lowest BCUT2D eigenvalue weighted by molar-refractivity contribution is -0.132. The molecule has 1 N–H and O–H groups in total. The third-order valence-corrected chi connectivity index (χ3v) is 4.65. The van der Waals surface area contributed by atoms with E-state index in [9.17, 15) is 14.3 Å². The van der Waals surface area contributed by atoms with Gasteiger partial charge in [-0.25, -0.2) is 19.2 Å². The molecule has 1 aromatic heterocycles. The normalized spacial score (nSPS) is 11.7. The van der Waals surface area contributed by atoms with Crippen LogP contribution in [0.2, 0.25) is 0 Å². The van der Waals surface area contributed by atoms with Crippen LogP contribution in [-0.4, -0.2) is 21.0 Å². The number of rotatable bonds is 6. The van der Waals surface area contributed by atoms with Gasteiger partial charge in [-0.05, 0) is 42.7 Å². The Labute approximate surface area is 169 Å². The first-order chi connectivity index (χ1) is 13.9. The van der Waals surface area contributed by atoms with E-state index in [1.165, 1.54) is 12.1 Å². The molecule has 0 aliphatic rings. The number of benzene rings is 2. The topological polar surface area (TPSA) is 63.1 Å². The van der Waals surface area contributed by atoms with Crippen LogP contribution < -0.4 is 0 Å². The van der Waals surface area contributed by atoms with E-state index in [1.807, 2.05) is 44.2 Å². The van der Waals surface area contributed by atoms with Crippen LogP contribution in [0.1, 0.15) is 44.4 Å². The number of aromatic nitrogens is 2.